The smallest absolute Gasteiger partial charge is 0.0720 e. The Morgan fingerprint density at radius 3 is 2.43 bits per heavy atom. The van der Waals surface area contributed by atoms with Crippen molar-refractivity contribution in [2.24, 2.45) is 5.92 Å². The van der Waals surface area contributed by atoms with Crippen LogP contribution in [0.2, 0.25) is 0 Å². The molecule has 1 aromatic rings. The number of hydrogen-bond acceptors (Lipinski definition) is 2. The molecule has 0 heterocycles. The van der Waals surface area contributed by atoms with Crippen molar-refractivity contribution >= 4 is 0 Å². The highest BCUT2D eigenvalue weighted by Crippen LogP contribution is 2.09. The van der Waals surface area contributed by atoms with Gasteiger partial charge in [-0.15, -0.1) is 0 Å². The highest BCUT2D eigenvalue weighted by molar-refractivity contribution is 5.13. The average molecular weight is 194 g/mol. The predicted octanol–water partition coefficient (Wildman–Crippen LogP) is 2.22. The van der Waals surface area contributed by atoms with Crippen LogP contribution in [0, 0.1) is 5.92 Å². The van der Waals surface area contributed by atoms with E-state index in [-0.39, 0.29) is 18.6 Å². The first-order valence-corrected chi connectivity index (χ1v) is 5.00. The van der Waals surface area contributed by atoms with Gasteiger partial charge in [0.05, 0.1) is 12.7 Å². The van der Waals surface area contributed by atoms with Gasteiger partial charge < -0.3 is 9.84 Å². The van der Waals surface area contributed by atoms with Crippen LogP contribution in [0.15, 0.2) is 30.3 Å². The molecule has 0 saturated carbocycles. The van der Waals surface area contributed by atoms with Crippen LogP contribution in [-0.4, -0.2) is 17.8 Å². The number of ether oxygens (including phenoxy) is 1. The summed E-state index contributed by atoms with van der Waals surface area (Å²) in [6, 6.07) is 10.1. The third-order valence-electron chi connectivity index (χ3n) is 2.45. The fraction of sp³-hybridized carbons (Fsp3) is 0.500. The summed E-state index contributed by atoms with van der Waals surface area (Å²) in [5.41, 5.74) is 1.17. The third kappa shape index (κ3) is 3.48. The topological polar surface area (TPSA) is 29.5 Å². The molecule has 0 aliphatic heterocycles. The standard InChI is InChI=1S/C12H18O2/c1-10(8-13)11(2)14-9-12-6-4-3-5-7-12/h3-7,10-11,13H,8-9H2,1-2H3/t10-,11?/m0/s1. The molecule has 0 saturated heterocycles. The maximum atomic E-state index is 8.92. The van der Waals surface area contributed by atoms with Crippen LogP contribution < -0.4 is 0 Å². The van der Waals surface area contributed by atoms with Crippen LogP contribution in [0.5, 0.6) is 0 Å². The van der Waals surface area contributed by atoms with Crippen molar-refractivity contribution in [2.45, 2.75) is 26.6 Å². The Bertz CT molecular complexity index is 246. The molecule has 0 aliphatic rings. The van der Waals surface area contributed by atoms with Gasteiger partial charge in [0.25, 0.3) is 0 Å². The molecule has 0 aliphatic carbocycles. The zero-order chi connectivity index (χ0) is 10.4. The first kappa shape index (κ1) is 11.2. The fourth-order valence-electron chi connectivity index (χ4n) is 1.11. The van der Waals surface area contributed by atoms with E-state index in [1.807, 2.05) is 44.2 Å². The largest absolute Gasteiger partial charge is 0.396 e. The molecule has 1 unspecified atom stereocenters. The van der Waals surface area contributed by atoms with Crippen LogP contribution in [-0.2, 0) is 11.3 Å². The highest BCUT2D eigenvalue weighted by Gasteiger charge is 2.10. The van der Waals surface area contributed by atoms with E-state index >= 15 is 0 Å². The van der Waals surface area contributed by atoms with E-state index in [0.717, 1.165) is 0 Å². The first-order valence-electron chi connectivity index (χ1n) is 5.00. The van der Waals surface area contributed by atoms with Crippen molar-refractivity contribution in [1.29, 1.82) is 0 Å². The Morgan fingerprint density at radius 2 is 1.86 bits per heavy atom. The minimum atomic E-state index is 0.0974. The van der Waals surface area contributed by atoms with Crippen molar-refractivity contribution in [1.82, 2.24) is 0 Å². The van der Waals surface area contributed by atoms with Crippen LogP contribution in [0.25, 0.3) is 0 Å². The van der Waals surface area contributed by atoms with Crippen molar-refractivity contribution in [3.8, 4) is 0 Å². The number of aliphatic hydroxyl groups is 1. The Labute approximate surface area is 85.5 Å². The SMILES string of the molecule is CC(OCc1ccccc1)[C@@H](C)CO. The quantitative estimate of drug-likeness (QED) is 0.778. The third-order valence-corrected chi connectivity index (χ3v) is 2.45. The van der Waals surface area contributed by atoms with Gasteiger partial charge in [-0.3, -0.25) is 0 Å². The van der Waals surface area contributed by atoms with E-state index in [9.17, 15) is 0 Å². The molecule has 0 bridgehead atoms. The molecule has 1 N–H and O–H groups in total. The van der Waals surface area contributed by atoms with Crippen LogP contribution >= 0.6 is 0 Å². The van der Waals surface area contributed by atoms with Gasteiger partial charge >= 0.3 is 0 Å². The lowest BCUT2D eigenvalue weighted by molar-refractivity contribution is 0.00153. The second-order valence-corrected chi connectivity index (χ2v) is 3.66. The van der Waals surface area contributed by atoms with Crippen molar-refractivity contribution in [2.75, 3.05) is 6.61 Å². The molecule has 0 amide bonds. The first-order chi connectivity index (χ1) is 6.74. The van der Waals surface area contributed by atoms with Gasteiger partial charge in [-0.1, -0.05) is 37.3 Å². The van der Waals surface area contributed by atoms with Crippen LogP contribution in [0.1, 0.15) is 19.4 Å². The van der Waals surface area contributed by atoms with Crippen LogP contribution in [0.4, 0.5) is 0 Å². The van der Waals surface area contributed by atoms with E-state index in [1.54, 1.807) is 0 Å². The Morgan fingerprint density at radius 1 is 1.21 bits per heavy atom. The summed E-state index contributed by atoms with van der Waals surface area (Å²) < 4.78 is 5.62. The summed E-state index contributed by atoms with van der Waals surface area (Å²) in [5.74, 6) is 0.193. The zero-order valence-electron chi connectivity index (χ0n) is 8.81. The van der Waals surface area contributed by atoms with Gasteiger partial charge in [0.1, 0.15) is 0 Å². The van der Waals surface area contributed by atoms with Gasteiger partial charge in [0.2, 0.25) is 0 Å². The summed E-state index contributed by atoms with van der Waals surface area (Å²) in [6.45, 7) is 4.77. The van der Waals surface area contributed by atoms with Gasteiger partial charge in [0, 0.05) is 12.5 Å². The molecular formula is C12H18O2. The molecule has 14 heavy (non-hydrogen) atoms. The van der Waals surface area contributed by atoms with Crippen LogP contribution in [0.3, 0.4) is 0 Å². The number of hydrogen-bond donors (Lipinski definition) is 1. The fourth-order valence-corrected chi connectivity index (χ4v) is 1.11. The van der Waals surface area contributed by atoms with E-state index in [4.69, 9.17) is 9.84 Å². The van der Waals surface area contributed by atoms with Crippen molar-refractivity contribution < 1.29 is 9.84 Å². The van der Waals surface area contributed by atoms with Gasteiger partial charge in [-0.2, -0.15) is 0 Å². The molecule has 1 aromatic carbocycles. The lowest BCUT2D eigenvalue weighted by Crippen LogP contribution is -2.20. The molecule has 0 radical (unpaired) electrons. The molecule has 78 valence electrons. The monoisotopic (exact) mass is 194 g/mol. The normalized spacial score (nSPS) is 15.1. The van der Waals surface area contributed by atoms with Gasteiger partial charge in [0.15, 0.2) is 0 Å². The van der Waals surface area contributed by atoms with Crippen molar-refractivity contribution in [3.05, 3.63) is 35.9 Å². The van der Waals surface area contributed by atoms with Gasteiger partial charge in [-0.25, -0.2) is 0 Å². The summed E-state index contributed by atoms with van der Waals surface area (Å²) in [7, 11) is 0. The summed E-state index contributed by atoms with van der Waals surface area (Å²) >= 11 is 0. The number of rotatable bonds is 5. The second kappa shape index (κ2) is 5.78. The second-order valence-electron chi connectivity index (χ2n) is 3.66. The Balaban J connectivity index is 2.34. The Kier molecular flexibility index (Phi) is 4.63. The lowest BCUT2D eigenvalue weighted by atomic mass is 10.1. The minimum Gasteiger partial charge on any atom is -0.396 e. The molecule has 0 spiro atoms. The van der Waals surface area contributed by atoms with E-state index < -0.39 is 0 Å². The summed E-state index contributed by atoms with van der Waals surface area (Å²) in [6.07, 6.45) is 0.0974. The van der Waals surface area contributed by atoms with Crippen molar-refractivity contribution in [3.63, 3.8) is 0 Å². The minimum absolute atomic E-state index is 0.0974. The molecule has 0 aromatic heterocycles. The molecule has 0 fully saturated rings. The molecule has 1 rings (SSSR count). The zero-order valence-corrected chi connectivity index (χ0v) is 8.81. The molecule has 2 nitrogen and oxygen atoms in total. The lowest BCUT2D eigenvalue weighted by Gasteiger charge is -2.18. The summed E-state index contributed by atoms with van der Waals surface area (Å²) in [5, 5.41) is 8.92. The molecule has 2 heteroatoms. The van der Waals surface area contributed by atoms with Gasteiger partial charge in [-0.05, 0) is 12.5 Å². The number of aliphatic hydroxyl groups excluding tert-OH is 1. The maximum absolute atomic E-state index is 8.92. The predicted molar refractivity (Wildman–Crippen MR) is 56.9 cm³/mol. The Hall–Kier alpha value is -0.860. The average Bonchev–Trinajstić information content (AvgIpc) is 2.26. The number of benzene rings is 1. The van der Waals surface area contributed by atoms with E-state index in [2.05, 4.69) is 0 Å². The van der Waals surface area contributed by atoms with E-state index in [1.165, 1.54) is 5.56 Å². The molecule has 2 atom stereocenters. The summed E-state index contributed by atoms with van der Waals surface area (Å²) in [4.78, 5) is 0. The van der Waals surface area contributed by atoms with E-state index in [0.29, 0.717) is 6.61 Å². The highest BCUT2D eigenvalue weighted by atomic mass is 16.5. The molecular weight excluding hydrogens is 176 g/mol. The maximum Gasteiger partial charge on any atom is 0.0720 e.